The standard InChI is InChI=1S/C21H18N4O/c1-15-17(14-22-24(15)2)13-19-20(16-9-5-3-6-10-16)23-25(21(19)26)18-11-7-4-8-12-18/h3-14H,1-2H3. The highest BCUT2D eigenvalue weighted by molar-refractivity contribution is 6.37. The van der Waals surface area contributed by atoms with Gasteiger partial charge < -0.3 is 0 Å². The Morgan fingerprint density at radius 3 is 2.23 bits per heavy atom. The summed E-state index contributed by atoms with van der Waals surface area (Å²) in [6.45, 7) is 1.98. The SMILES string of the molecule is Cc1c(C=C2C(=O)N(c3ccccc3)N=C2c2ccccc2)cnn1C. The first kappa shape index (κ1) is 16.0. The summed E-state index contributed by atoms with van der Waals surface area (Å²) in [4.78, 5) is 13.1. The molecule has 128 valence electrons. The number of aromatic nitrogens is 2. The highest BCUT2D eigenvalue weighted by Gasteiger charge is 2.32. The maximum Gasteiger partial charge on any atom is 0.281 e. The number of rotatable bonds is 3. The van der Waals surface area contributed by atoms with Crippen molar-refractivity contribution in [2.45, 2.75) is 6.92 Å². The summed E-state index contributed by atoms with van der Waals surface area (Å²) in [6.07, 6.45) is 3.64. The van der Waals surface area contributed by atoms with Crippen molar-refractivity contribution in [2.24, 2.45) is 12.1 Å². The van der Waals surface area contributed by atoms with Crippen molar-refractivity contribution in [1.29, 1.82) is 0 Å². The van der Waals surface area contributed by atoms with E-state index >= 15 is 0 Å². The smallest absolute Gasteiger partial charge is 0.272 e. The van der Waals surface area contributed by atoms with Crippen molar-refractivity contribution in [1.82, 2.24) is 9.78 Å². The number of carbonyl (C=O) groups is 1. The van der Waals surface area contributed by atoms with Gasteiger partial charge in [0.15, 0.2) is 0 Å². The molecule has 0 saturated heterocycles. The third kappa shape index (κ3) is 2.73. The van der Waals surface area contributed by atoms with Crippen molar-refractivity contribution in [3.8, 4) is 0 Å². The quantitative estimate of drug-likeness (QED) is 0.683. The number of anilines is 1. The molecule has 0 bridgehead atoms. The molecule has 1 aliphatic heterocycles. The number of hydrogen-bond acceptors (Lipinski definition) is 3. The van der Waals surface area contributed by atoms with Gasteiger partial charge in [0.1, 0.15) is 5.71 Å². The summed E-state index contributed by atoms with van der Waals surface area (Å²) in [7, 11) is 1.89. The summed E-state index contributed by atoms with van der Waals surface area (Å²) >= 11 is 0. The highest BCUT2D eigenvalue weighted by atomic mass is 16.2. The molecule has 0 atom stereocenters. The van der Waals surface area contributed by atoms with Gasteiger partial charge in [-0.1, -0.05) is 48.5 Å². The Balaban J connectivity index is 1.85. The molecule has 0 saturated carbocycles. The number of aryl methyl sites for hydroxylation is 1. The second-order valence-corrected chi connectivity index (χ2v) is 6.13. The van der Waals surface area contributed by atoms with Crippen molar-refractivity contribution in [3.05, 3.63) is 89.3 Å². The van der Waals surface area contributed by atoms with Crippen molar-refractivity contribution in [2.75, 3.05) is 5.01 Å². The van der Waals surface area contributed by atoms with E-state index in [1.165, 1.54) is 5.01 Å². The van der Waals surface area contributed by atoms with Crippen LogP contribution in [-0.4, -0.2) is 21.4 Å². The summed E-state index contributed by atoms with van der Waals surface area (Å²) < 4.78 is 1.79. The van der Waals surface area contributed by atoms with Crippen molar-refractivity contribution in [3.63, 3.8) is 0 Å². The zero-order valence-electron chi connectivity index (χ0n) is 14.6. The lowest BCUT2D eigenvalue weighted by Gasteiger charge is -2.10. The van der Waals surface area contributed by atoms with Crippen LogP contribution in [0.3, 0.4) is 0 Å². The lowest BCUT2D eigenvalue weighted by molar-refractivity contribution is -0.114. The molecule has 26 heavy (non-hydrogen) atoms. The average molecular weight is 342 g/mol. The molecule has 2 heterocycles. The molecule has 3 aromatic rings. The maximum atomic E-state index is 13.1. The fraction of sp³-hybridized carbons (Fsp3) is 0.0952. The maximum absolute atomic E-state index is 13.1. The normalized spacial score (nSPS) is 15.6. The number of benzene rings is 2. The molecule has 1 amide bonds. The fourth-order valence-corrected chi connectivity index (χ4v) is 2.91. The van der Waals surface area contributed by atoms with Gasteiger partial charge in [0.2, 0.25) is 0 Å². The lowest BCUT2D eigenvalue weighted by atomic mass is 10.0. The van der Waals surface area contributed by atoms with Gasteiger partial charge in [-0.2, -0.15) is 15.2 Å². The molecule has 5 heteroatoms. The van der Waals surface area contributed by atoms with E-state index in [-0.39, 0.29) is 5.91 Å². The van der Waals surface area contributed by atoms with Crippen LogP contribution in [0.25, 0.3) is 6.08 Å². The van der Waals surface area contributed by atoms with Gasteiger partial charge in [-0.15, -0.1) is 0 Å². The number of carbonyl (C=O) groups excluding carboxylic acids is 1. The van der Waals surface area contributed by atoms with Gasteiger partial charge in [0.05, 0.1) is 17.5 Å². The Bertz CT molecular complexity index is 1020. The van der Waals surface area contributed by atoms with E-state index in [1.807, 2.05) is 80.7 Å². The van der Waals surface area contributed by atoms with E-state index in [9.17, 15) is 4.79 Å². The minimum atomic E-state index is -0.140. The number of nitrogens with zero attached hydrogens (tertiary/aromatic N) is 4. The molecular formula is C21H18N4O. The molecule has 0 aliphatic carbocycles. The minimum absolute atomic E-state index is 0.140. The van der Waals surface area contributed by atoms with E-state index in [1.54, 1.807) is 10.9 Å². The Morgan fingerprint density at radius 2 is 1.62 bits per heavy atom. The van der Waals surface area contributed by atoms with Crippen LogP contribution in [0.4, 0.5) is 5.69 Å². The summed E-state index contributed by atoms with van der Waals surface area (Å²) in [5.41, 5.74) is 4.80. The fourth-order valence-electron chi connectivity index (χ4n) is 2.91. The van der Waals surface area contributed by atoms with Gasteiger partial charge in [-0.25, -0.2) is 0 Å². The third-order valence-corrected chi connectivity index (χ3v) is 4.50. The monoisotopic (exact) mass is 342 g/mol. The van der Waals surface area contributed by atoms with E-state index < -0.39 is 0 Å². The van der Waals surface area contributed by atoms with Crippen LogP contribution in [0.1, 0.15) is 16.8 Å². The van der Waals surface area contributed by atoms with Crippen LogP contribution < -0.4 is 5.01 Å². The number of amides is 1. The zero-order valence-corrected chi connectivity index (χ0v) is 14.6. The largest absolute Gasteiger partial charge is 0.281 e. The highest BCUT2D eigenvalue weighted by Crippen LogP contribution is 2.28. The predicted octanol–water partition coefficient (Wildman–Crippen LogP) is 3.56. The number of hydrogen-bond donors (Lipinski definition) is 0. The zero-order chi connectivity index (χ0) is 18.1. The average Bonchev–Trinajstić information content (AvgIpc) is 3.18. The molecule has 0 radical (unpaired) electrons. The van der Waals surface area contributed by atoms with Gasteiger partial charge in [-0.3, -0.25) is 9.48 Å². The van der Waals surface area contributed by atoms with E-state index in [2.05, 4.69) is 10.2 Å². The molecule has 1 aliphatic rings. The molecule has 4 rings (SSSR count). The predicted molar refractivity (Wildman–Crippen MR) is 103 cm³/mol. The molecular weight excluding hydrogens is 324 g/mol. The first-order valence-corrected chi connectivity index (χ1v) is 8.39. The molecule has 0 spiro atoms. The second kappa shape index (κ2) is 6.44. The molecule has 1 aromatic heterocycles. The molecule has 5 nitrogen and oxygen atoms in total. The Labute approximate surface area is 151 Å². The summed E-state index contributed by atoms with van der Waals surface area (Å²) in [5, 5.41) is 10.4. The van der Waals surface area contributed by atoms with Gasteiger partial charge in [0, 0.05) is 23.9 Å². The third-order valence-electron chi connectivity index (χ3n) is 4.50. The van der Waals surface area contributed by atoms with Gasteiger partial charge >= 0.3 is 0 Å². The molecule has 0 unspecified atom stereocenters. The number of hydrazone groups is 1. The van der Waals surface area contributed by atoms with Crippen LogP contribution >= 0.6 is 0 Å². The van der Waals surface area contributed by atoms with Crippen molar-refractivity contribution < 1.29 is 4.79 Å². The summed E-state index contributed by atoms with van der Waals surface area (Å²) in [6, 6.07) is 19.2. The van der Waals surface area contributed by atoms with Gasteiger partial charge in [-0.05, 0) is 25.1 Å². The molecule has 0 fully saturated rings. The minimum Gasteiger partial charge on any atom is -0.272 e. The Kier molecular flexibility index (Phi) is 3.97. The molecule has 2 aromatic carbocycles. The van der Waals surface area contributed by atoms with Crippen LogP contribution in [0.5, 0.6) is 0 Å². The van der Waals surface area contributed by atoms with Crippen LogP contribution in [0, 0.1) is 6.92 Å². The van der Waals surface area contributed by atoms with Crippen LogP contribution in [-0.2, 0) is 11.8 Å². The van der Waals surface area contributed by atoms with E-state index in [0.717, 1.165) is 22.5 Å². The van der Waals surface area contributed by atoms with Crippen LogP contribution in [0.2, 0.25) is 0 Å². The Hall–Kier alpha value is -3.47. The number of para-hydroxylation sites is 1. The Morgan fingerprint density at radius 1 is 0.962 bits per heavy atom. The first-order chi connectivity index (χ1) is 12.6. The van der Waals surface area contributed by atoms with E-state index in [4.69, 9.17) is 0 Å². The topological polar surface area (TPSA) is 50.5 Å². The second-order valence-electron chi connectivity index (χ2n) is 6.13. The van der Waals surface area contributed by atoms with Gasteiger partial charge in [0.25, 0.3) is 5.91 Å². The van der Waals surface area contributed by atoms with E-state index in [0.29, 0.717) is 11.3 Å². The van der Waals surface area contributed by atoms with Crippen LogP contribution in [0.15, 0.2) is 77.5 Å². The first-order valence-electron chi connectivity index (χ1n) is 8.39. The summed E-state index contributed by atoms with van der Waals surface area (Å²) in [5.74, 6) is -0.140. The molecule has 0 N–H and O–H groups in total. The lowest BCUT2D eigenvalue weighted by Crippen LogP contribution is -2.21. The van der Waals surface area contributed by atoms with Crippen molar-refractivity contribution >= 4 is 23.4 Å².